The lowest BCUT2D eigenvalue weighted by Gasteiger charge is -2.32. The van der Waals surface area contributed by atoms with Crippen LogP contribution in [0.3, 0.4) is 0 Å². The minimum Gasteiger partial charge on any atom is -0.249 e. The smallest absolute Gasteiger partial charge is 0.106 e. The average molecular weight is 313 g/mol. The maximum absolute atomic E-state index is 4.19. The molecule has 0 saturated heterocycles. The van der Waals surface area contributed by atoms with E-state index in [1.165, 1.54) is 18.0 Å². The van der Waals surface area contributed by atoms with Gasteiger partial charge in [-0.3, -0.25) is 0 Å². The highest BCUT2D eigenvalue weighted by atomic mass is 79.9. The van der Waals surface area contributed by atoms with Gasteiger partial charge < -0.3 is 0 Å². The highest BCUT2D eigenvalue weighted by Crippen LogP contribution is 2.33. The Hall–Kier alpha value is -0.153. The molecule has 1 radical (unpaired) electrons. The minimum atomic E-state index is -0.172. The molecular formula is C14H23BrNSi. The van der Waals surface area contributed by atoms with E-state index in [-0.39, 0.29) is 8.80 Å². The van der Waals surface area contributed by atoms with Gasteiger partial charge in [-0.05, 0) is 51.4 Å². The number of halogens is 1. The topological polar surface area (TPSA) is 12.9 Å². The molecule has 3 heteroatoms. The fraction of sp³-hybridized carbons (Fsp3) is 0.643. The van der Waals surface area contributed by atoms with Crippen LogP contribution in [0.2, 0.25) is 19.1 Å². The third-order valence-corrected chi connectivity index (χ3v) is 4.90. The summed E-state index contributed by atoms with van der Waals surface area (Å²) in [7, 11) is -0.172. The van der Waals surface area contributed by atoms with Crippen LogP contribution in [-0.4, -0.2) is 13.8 Å². The van der Waals surface area contributed by atoms with Gasteiger partial charge in [0.2, 0.25) is 0 Å². The van der Waals surface area contributed by atoms with Gasteiger partial charge >= 0.3 is 0 Å². The van der Waals surface area contributed by atoms with E-state index in [1.807, 2.05) is 6.20 Å². The SMILES string of the molecule is C[Si](C)CC(Cc1ccnc(Br)c1)C(C)(C)C. The predicted octanol–water partition coefficient (Wildman–Crippen LogP) is 4.80. The van der Waals surface area contributed by atoms with Crippen LogP contribution < -0.4 is 0 Å². The lowest BCUT2D eigenvalue weighted by Crippen LogP contribution is -2.26. The fourth-order valence-corrected chi connectivity index (χ4v) is 4.19. The van der Waals surface area contributed by atoms with E-state index in [2.05, 4.69) is 66.9 Å². The molecule has 0 aliphatic heterocycles. The van der Waals surface area contributed by atoms with Crippen molar-refractivity contribution >= 4 is 24.7 Å². The molecule has 1 aromatic rings. The molecule has 1 rings (SSSR count). The second-order valence-electron chi connectivity index (χ2n) is 6.17. The van der Waals surface area contributed by atoms with Crippen LogP contribution in [0.15, 0.2) is 22.9 Å². The predicted molar refractivity (Wildman–Crippen MR) is 80.9 cm³/mol. The standard InChI is InChI=1S/C14H23BrNSi/c1-14(2,3)12(10-17(4)5)8-11-6-7-16-13(15)9-11/h6-7,9,12H,8,10H2,1-5H3. The van der Waals surface area contributed by atoms with Crippen LogP contribution in [0.5, 0.6) is 0 Å². The number of hydrogen-bond donors (Lipinski definition) is 0. The monoisotopic (exact) mass is 312 g/mol. The third kappa shape index (κ3) is 5.34. The quantitative estimate of drug-likeness (QED) is 0.574. The zero-order valence-corrected chi connectivity index (χ0v) is 14.1. The van der Waals surface area contributed by atoms with Crippen molar-refractivity contribution in [3.8, 4) is 0 Å². The van der Waals surface area contributed by atoms with E-state index in [0.29, 0.717) is 5.41 Å². The van der Waals surface area contributed by atoms with Crippen molar-refractivity contribution in [3.63, 3.8) is 0 Å². The molecule has 17 heavy (non-hydrogen) atoms. The maximum Gasteiger partial charge on any atom is 0.106 e. The fourth-order valence-electron chi connectivity index (χ4n) is 2.03. The first kappa shape index (κ1) is 14.9. The Bertz CT molecular complexity index is 357. The van der Waals surface area contributed by atoms with Crippen LogP contribution in [0.1, 0.15) is 26.3 Å². The van der Waals surface area contributed by atoms with Crippen molar-refractivity contribution in [1.29, 1.82) is 0 Å². The van der Waals surface area contributed by atoms with Crippen LogP contribution in [0, 0.1) is 11.3 Å². The highest BCUT2D eigenvalue weighted by Gasteiger charge is 2.25. The Balaban J connectivity index is 2.79. The molecular weight excluding hydrogens is 290 g/mol. The molecule has 0 aromatic carbocycles. The molecule has 0 bridgehead atoms. The van der Waals surface area contributed by atoms with E-state index >= 15 is 0 Å². The molecule has 0 saturated carbocycles. The van der Waals surface area contributed by atoms with Gasteiger partial charge in [-0.25, -0.2) is 4.98 Å². The number of hydrogen-bond acceptors (Lipinski definition) is 1. The molecule has 0 spiro atoms. The van der Waals surface area contributed by atoms with Gasteiger partial charge in [-0.2, -0.15) is 0 Å². The number of rotatable bonds is 4. The van der Waals surface area contributed by atoms with Gasteiger partial charge in [0.1, 0.15) is 4.60 Å². The normalized spacial score (nSPS) is 14.1. The van der Waals surface area contributed by atoms with Gasteiger partial charge in [-0.1, -0.05) is 39.9 Å². The van der Waals surface area contributed by atoms with Crippen LogP contribution in [-0.2, 0) is 6.42 Å². The molecule has 0 fully saturated rings. The number of pyridine rings is 1. The summed E-state index contributed by atoms with van der Waals surface area (Å²) < 4.78 is 0.946. The minimum absolute atomic E-state index is 0.172. The van der Waals surface area contributed by atoms with Crippen molar-refractivity contribution in [2.24, 2.45) is 11.3 Å². The first-order valence-electron chi connectivity index (χ1n) is 6.18. The summed E-state index contributed by atoms with van der Waals surface area (Å²) in [4.78, 5) is 4.19. The molecule has 1 aromatic heterocycles. The summed E-state index contributed by atoms with van der Waals surface area (Å²) in [5, 5.41) is 0. The Morgan fingerprint density at radius 2 is 2.00 bits per heavy atom. The zero-order chi connectivity index (χ0) is 13.1. The summed E-state index contributed by atoms with van der Waals surface area (Å²) in [6.45, 7) is 11.9. The van der Waals surface area contributed by atoms with E-state index in [9.17, 15) is 0 Å². The lowest BCUT2D eigenvalue weighted by molar-refractivity contribution is 0.259. The van der Waals surface area contributed by atoms with E-state index in [1.54, 1.807) is 0 Å². The van der Waals surface area contributed by atoms with Crippen molar-refractivity contribution in [2.45, 2.75) is 46.3 Å². The van der Waals surface area contributed by atoms with Crippen molar-refractivity contribution in [1.82, 2.24) is 4.98 Å². The van der Waals surface area contributed by atoms with Gasteiger partial charge in [0, 0.05) is 15.0 Å². The lowest BCUT2D eigenvalue weighted by atomic mass is 9.78. The summed E-state index contributed by atoms with van der Waals surface area (Å²) >= 11 is 3.45. The summed E-state index contributed by atoms with van der Waals surface area (Å²) in [6, 6.07) is 5.67. The summed E-state index contributed by atoms with van der Waals surface area (Å²) in [6.07, 6.45) is 3.06. The van der Waals surface area contributed by atoms with E-state index < -0.39 is 0 Å². The molecule has 0 aliphatic rings. The molecule has 0 N–H and O–H groups in total. The van der Waals surface area contributed by atoms with Crippen LogP contribution in [0.4, 0.5) is 0 Å². The summed E-state index contributed by atoms with van der Waals surface area (Å²) in [5.74, 6) is 0.765. The first-order valence-corrected chi connectivity index (χ1v) is 9.68. The first-order chi connectivity index (χ1) is 7.79. The largest absolute Gasteiger partial charge is 0.249 e. The molecule has 1 atom stereocenters. The van der Waals surface area contributed by atoms with Crippen LogP contribution in [0.25, 0.3) is 0 Å². The van der Waals surface area contributed by atoms with E-state index in [4.69, 9.17) is 0 Å². The van der Waals surface area contributed by atoms with Crippen molar-refractivity contribution in [3.05, 3.63) is 28.5 Å². The number of aromatic nitrogens is 1. The Labute approximate surface area is 116 Å². The van der Waals surface area contributed by atoms with E-state index in [0.717, 1.165) is 10.5 Å². The molecule has 1 nitrogen and oxygen atoms in total. The molecule has 1 unspecified atom stereocenters. The highest BCUT2D eigenvalue weighted by molar-refractivity contribution is 9.10. The molecule has 1 heterocycles. The zero-order valence-electron chi connectivity index (χ0n) is 11.5. The van der Waals surface area contributed by atoms with Gasteiger partial charge in [0.15, 0.2) is 0 Å². The van der Waals surface area contributed by atoms with Crippen molar-refractivity contribution in [2.75, 3.05) is 0 Å². The summed E-state index contributed by atoms with van der Waals surface area (Å²) in [5.41, 5.74) is 1.78. The molecule has 0 amide bonds. The second-order valence-corrected chi connectivity index (χ2v) is 9.80. The number of nitrogens with zero attached hydrogens (tertiary/aromatic N) is 1. The molecule has 95 valence electrons. The third-order valence-electron chi connectivity index (χ3n) is 3.15. The Morgan fingerprint density at radius 1 is 1.35 bits per heavy atom. The second kappa shape index (κ2) is 6.14. The van der Waals surface area contributed by atoms with Gasteiger partial charge in [0.25, 0.3) is 0 Å². The maximum atomic E-state index is 4.19. The Morgan fingerprint density at radius 3 is 2.47 bits per heavy atom. The average Bonchev–Trinajstić information content (AvgIpc) is 2.14. The van der Waals surface area contributed by atoms with Gasteiger partial charge in [0.05, 0.1) is 0 Å². The van der Waals surface area contributed by atoms with Crippen molar-refractivity contribution < 1.29 is 0 Å². The molecule has 0 aliphatic carbocycles. The van der Waals surface area contributed by atoms with Gasteiger partial charge in [-0.15, -0.1) is 0 Å². The van der Waals surface area contributed by atoms with Crippen LogP contribution >= 0.6 is 15.9 Å². The Kier molecular flexibility index (Phi) is 5.39.